The number of nitrogens with two attached hydrogens (primary N) is 1. The van der Waals surface area contributed by atoms with Gasteiger partial charge in [0.25, 0.3) is 0 Å². The van der Waals surface area contributed by atoms with Crippen LogP contribution in [0.2, 0.25) is 0 Å². The Hall–Kier alpha value is -3.22. The average Bonchev–Trinajstić information content (AvgIpc) is 3.21. The van der Waals surface area contributed by atoms with Crippen molar-refractivity contribution in [3.63, 3.8) is 0 Å². The first-order chi connectivity index (χ1) is 14.4. The topological polar surface area (TPSA) is 86.2 Å². The summed E-state index contributed by atoms with van der Waals surface area (Å²) in [6.45, 7) is 3.85. The maximum absolute atomic E-state index is 13.4. The zero-order valence-corrected chi connectivity index (χ0v) is 17.6. The van der Waals surface area contributed by atoms with E-state index in [0.29, 0.717) is 0 Å². The first kappa shape index (κ1) is 20.1. The summed E-state index contributed by atoms with van der Waals surface area (Å²) in [6.07, 6.45) is 0. The molecule has 1 heterocycles. The lowest BCUT2D eigenvalue weighted by Crippen LogP contribution is -2.16. The molecule has 2 N–H and O–H groups in total. The van der Waals surface area contributed by atoms with Gasteiger partial charge in [-0.1, -0.05) is 60.7 Å². The van der Waals surface area contributed by atoms with Crippen molar-refractivity contribution in [2.24, 2.45) is 5.73 Å². The summed E-state index contributed by atoms with van der Waals surface area (Å²) >= 11 is 0. The number of hydrogen-bond acceptors (Lipinski definition) is 5. The van der Waals surface area contributed by atoms with Crippen molar-refractivity contribution < 1.29 is 12.8 Å². The van der Waals surface area contributed by atoms with Gasteiger partial charge < -0.3 is 10.2 Å². The van der Waals surface area contributed by atoms with Crippen LogP contribution in [-0.2, 0) is 9.84 Å². The zero-order valence-electron chi connectivity index (χ0n) is 16.7. The molecule has 0 aliphatic rings. The van der Waals surface area contributed by atoms with Crippen molar-refractivity contribution in [1.82, 2.24) is 4.98 Å². The van der Waals surface area contributed by atoms with Crippen molar-refractivity contribution in [3.05, 3.63) is 101 Å². The number of oxazole rings is 1. The molecule has 0 bridgehead atoms. The highest BCUT2D eigenvalue weighted by Gasteiger charge is 2.32. The average molecular weight is 419 g/mol. The van der Waals surface area contributed by atoms with E-state index in [1.165, 1.54) is 0 Å². The first-order valence-electron chi connectivity index (χ1n) is 9.57. The Kier molecular flexibility index (Phi) is 5.28. The molecule has 0 saturated carbocycles. The maximum Gasteiger partial charge on any atom is 0.227 e. The van der Waals surface area contributed by atoms with Crippen LogP contribution in [0.15, 0.2) is 93.2 Å². The minimum absolute atomic E-state index is 0.131. The second-order valence-corrected chi connectivity index (χ2v) is 9.02. The summed E-state index contributed by atoms with van der Waals surface area (Å²) in [5, 5.41) is -0.150. The third-order valence-corrected chi connectivity index (χ3v) is 6.80. The molecule has 0 aliphatic heterocycles. The monoisotopic (exact) mass is 418 g/mol. The van der Waals surface area contributed by atoms with E-state index in [4.69, 9.17) is 10.2 Å². The lowest BCUT2D eigenvalue weighted by molar-refractivity contribution is 0.486. The van der Waals surface area contributed by atoms with Gasteiger partial charge in [0.15, 0.2) is 5.76 Å². The fraction of sp³-hybridized carbons (Fsp3) is 0.125. The lowest BCUT2D eigenvalue weighted by Gasteiger charge is -2.13. The zero-order chi connectivity index (χ0) is 21.3. The second-order valence-electron chi connectivity index (χ2n) is 7.15. The number of nitrogens with zero attached hydrogens (tertiary/aromatic N) is 1. The van der Waals surface area contributed by atoms with Crippen LogP contribution >= 0.6 is 0 Å². The van der Waals surface area contributed by atoms with Crippen LogP contribution in [-0.4, -0.2) is 13.4 Å². The Labute approximate surface area is 176 Å². The molecule has 0 radical (unpaired) electrons. The molecule has 1 atom stereocenters. The normalized spacial score (nSPS) is 12.6. The van der Waals surface area contributed by atoms with Crippen LogP contribution in [0.5, 0.6) is 0 Å². The molecule has 5 nitrogen and oxygen atoms in total. The van der Waals surface area contributed by atoms with E-state index in [1.807, 2.05) is 62.4 Å². The molecule has 152 valence electrons. The van der Waals surface area contributed by atoms with Gasteiger partial charge in [-0.15, -0.1) is 0 Å². The van der Waals surface area contributed by atoms with Crippen LogP contribution in [0.4, 0.5) is 0 Å². The number of aromatic nitrogens is 1. The van der Waals surface area contributed by atoms with Crippen molar-refractivity contribution in [3.8, 4) is 11.5 Å². The van der Waals surface area contributed by atoms with Gasteiger partial charge in [0.1, 0.15) is 0 Å². The molecule has 0 amide bonds. The van der Waals surface area contributed by atoms with Crippen molar-refractivity contribution in [2.75, 3.05) is 0 Å². The van der Waals surface area contributed by atoms with Crippen LogP contribution in [0.3, 0.4) is 0 Å². The van der Waals surface area contributed by atoms with Crippen LogP contribution < -0.4 is 5.73 Å². The molecule has 0 fully saturated rings. The molecule has 1 aromatic heterocycles. The molecule has 3 aromatic carbocycles. The molecule has 4 rings (SSSR count). The number of rotatable bonds is 5. The van der Waals surface area contributed by atoms with E-state index in [-0.39, 0.29) is 21.6 Å². The Morgan fingerprint density at radius 1 is 0.833 bits per heavy atom. The van der Waals surface area contributed by atoms with Crippen molar-refractivity contribution >= 4 is 9.84 Å². The molecule has 30 heavy (non-hydrogen) atoms. The van der Waals surface area contributed by atoms with Gasteiger partial charge in [-0.25, -0.2) is 8.42 Å². The van der Waals surface area contributed by atoms with Gasteiger partial charge in [0.2, 0.25) is 20.8 Å². The molecule has 6 heteroatoms. The highest BCUT2D eigenvalue weighted by Crippen LogP contribution is 2.35. The first-order valence-corrected chi connectivity index (χ1v) is 11.1. The van der Waals surface area contributed by atoms with E-state index in [0.717, 1.165) is 22.3 Å². The Bertz CT molecular complexity index is 1300. The summed E-state index contributed by atoms with van der Waals surface area (Å²) in [5.41, 5.74) is 9.91. The van der Waals surface area contributed by atoms with Crippen molar-refractivity contribution in [2.45, 2.75) is 29.8 Å². The van der Waals surface area contributed by atoms with Gasteiger partial charge in [-0.05, 0) is 48.7 Å². The highest BCUT2D eigenvalue weighted by molar-refractivity contribution is 7.91. The third-order valence-electron chi connectivity index (χ3n) is 5.11. The number of sulfone groups is 1. The van der Waals surface area contributed by atoms with Gasteiger partial charge in [-0.3, -0.25) is 0 Å². The fourth-order valence-corrected chi connectivity index (χ4v) is 4.80. The molecule has 4 aromatic rings. The minimum atomic E-state index is -3.92. The highest BCUT2D eigenvalue weighted by atomic mass is 32.2. The number of benzene rings is 3. The standard InChI is InChI=1S/C24H22N2O3S/c1-16-10-6-8-14-19(16)21(25)22-24(30(27,28)18-12-4-3-5-13-18)26-23(29-22)20-15-9-7-11-17(20)2/h3-15,21H,25H2,1-2H3. The molecular weight excluding hydrogens is 396 g/mol. The van der Waals surface area contributed by atoms with Crippen LogP contribution in [0.1, 0.15) is 28.5 Å². The third kappa shape index (κ3) is 3.56. The summed E-state index contributed by atoms with van der Waals surface area (Å²) in [6, 6.07) is 22.5. The van der Waals surface area contributed by atoms with Gasteiger partial charge in [0.05, 0.1) is 10.9 Å². The number of aryl methyl sites for hydroxylation is 2. The molecule has 0 aliphatic carbocycles. The van der Waals surface area contributed by atoms with Crippen LogP contribution in [0, 0.1) is 13.8 Å². The van der Waals surface area contributed by atoms with E-state index in [9.17, 15) is 8.42 Å². The Balaban J connectivity index is 1.94. The van der Waals surface area contributed by atoms with E-state index >= 15 is 0 Å². The van der Waals surface area contributed by atoms with E-state index < -0.39 is 15.9 Å². The largest absolute Gasteiger partial charge is 0.438 e. The summed E-state index contributed by atoms with van der Waals surface area (Å²) in [4.78, 5) is 4.58. The maximum atomic E-state index is 13.4. The van der Waals surface area contributed by atoms with Gasteiger partial charge in [0, 0.05) is 5.56 Å². The molecule has 0 spiro atoms. The Morgan fingerprint density at radius 2 is 1.43 bits per heavy atom. The molecular formula is C24H22N2O3S. The van der Waals surface area contributed by atoms with E-state index in [1.54, 1.807) is 30.3 Å². The smallest absolute Gasteiger partial charge is 0.227 e. The summed E-state index contributed by atoms with van der Waals surface area (Å²) < 4.78 is 32.9. The Morgan fingerprint density at radius 3 is 2.10 bits per heavy atom. The SMILES string of the molecule is Cc1ccccc1-c1nc(S(=O)(=O)c2ccccc2)c(C(N)c2ccccc2C)o1. The second kappa shape index (κ2) is 7.89. The van der Waals surface area contributed by atoms with Crippen LogP contribution in [0.25, 0.3) is 11.5 Å². The minimum Gasteiger partial charge on any atom is -0.438 e. The predicted octanol–water partition coefficient (Wildman–Crippen LogP) is 4.84. The van der Waals surface area contributed by atoms with Gasteiger partial charge >= 0.3 is 0 Å². The quantitative estimate of drug-likeness (QED) is 0.501. The summed E-state index contributed by atoms with van der Waals surface area (Å²) in [7, 11) is -3.92. The van der Waals surface area contributed by atoms with E-state index in [2.05, 4.69) is 4.98 Å². The molecule has 0 saturated heterocycles. The summed E-state index contributed by atoms with van der Waals surface area (Å²) in [5.74, 6) is 0.369. The fourth-order valence-electron chi connectivity index (χ4n) is 3.42. The number of hydrogen-bond donors (Lipinski definition) is 1. The molecule has 1 unspecified atom stereocenters. The predicted molar refractivity (Wildman–Crippen MR) is 116 cm³/mol. The lowest BCUT2D eigenvalue weighted by atomic mass is 10.0. The van der Waals surface area contributed by atoms with Crippen molar-refractivity contribution in [1.29, 1.82) is 0 Å². The van der Waals surface area contributed by atoms with Gasteiger partial charge in [-0.2, -0.15) is 4.98 Å².